The molecule has 36 heavy (non-hydrogen) atoms. The van der Waals surface area contributed by atoms with Gasteiger partial charge in [-0.15, -0.1) is 0 Å². The summed E-state index contributed by atoms with van der Waals surface area (Å²) in [6.07, 6.45) is 2.10. The standard InChI is InChI=1S/C28H38FN3O4/c1-4-6-17-35-21-24(33)19-31(16-18-34-3)20-26-27(5-2)30-32(23-10-8-7-9-11-23)28(26)36-25-14-12-22(29)13-15-25/h7-15,24,33H,4-6,16-21H2,1-3H3/t24-/m1/s1. The average molecular weight is 500 g/mol. The molecule has 0 radical (unpaired) electrons. The molecule has 0 aliphatic heterocycles. The number of aliphatic hydroxyl groups excluding tert-OH is 1. The minimum atomic E-state index is -0.630. The third kappa shape index (κ3) is 8.13. The lowest BCUT2D eigenvalue weighted by Gasteiger charge is -2.25. The molecule has 1 aromatic heterocycles. The maximum Gasteiger partial charge on any atom is 0.227 e. The van der Waals surface area contributed by atoms with Crippen molar-refractivity contribution >= 4 is 0 Å². The SMILES string of the molecule is CCCCOC[C@H](O)CN(CCOC)Cc1c(CC)nn(-c2ccccc2)c1Oc1ccc(F)cc1. The molecule has 0 unspecified atom stereocenters. The summed E-state index contributed by atoms with van der Waals surface area (Å²) in [5.74, 6) is 0.764. The minimum Gasteiger partial charge on any atom is -0.439 e. The lowest BCUT2D eigenvalue weighted by Crippen LogP contribution is -2.36. The lowest BCUT2D eigenvalue weighted by atomic mass is 10.1. The summed E-state index contributed by atoms with van der Waals surface area (Å²) in [6.45, 7) is 7.16. The molecule has 196 valence electrons. The van der Waals surface area contributed by atoms with E-state index in [9.17, 15) is 9.50 Å². The summed E-state index contributed by atoms with van der Waals surface area (Å²) in [5.41, 5.74) is 2.68. The van der Waals surface area contributed by atoms with Gasteiger partial charge in [-0.25, -0.2) is 9.07 Å². The molecule has 1 heterocycles. The van der Waals surface area contributed by atoms with E-state index in [1.54, 1.807) is 23.9 Å². The Kier molecular flexibility index (Phi) is 11.4. The summed E-state index contributed by atoms with van der Waals surface area (Å²) in [6, 6.07) is 15.7. The van der Waals surface area contributed by atoms with E-state index in [2.05, 4.69) is 18.7 Å². The van der Waals surface area contributed by atoms with Gasteiger partial charge in [-0.3, -0.25) is 4.90 Å². The van der Waals surface area contributed by atoms with Gasteiger partial charge in [0.25, 0.3) is 0 Å². The van der Waals surface area contributed by atoms with Crippen molar-refractivity contribution in [3.8, 4) is 17.3 Å². The molecule has 0 aliphatic rings. The molecule has 0 spiro atoms. The first-order valence-corrected chi connectivity index (χ1v) is 12.6. The van der Waals surface area contributed by atoms with E-state index in [-0.39, 0.29) is 12.4 Å². The molecule has 0 amide bonds. The zero-order valence-electron chi connectivity index (χ0n) is 21.5. The molecule has 0 aliphatic carbocycles. The maximum atomic E-state index is 13.5. The van der Waals surface area contributed by atoms with Crippen molar-refractivity contribution in [1.82, 2.24) is 14.7 Å². The Bertz CT molecular complexity index is 1030. The number of hydrogen-bond donors (Lipinski definition) is 1. The number of aliphatic hydroxyl groups is 1. The van der Waals surface area contributed by atoms with Crippen molar-refractivity contribution in [3.63, 3.8) is 0 Å². The van der Waals surface area contributed by atoms with Gasteiger partial charge in [-0.2, -0.15) is 5.10 Å². The van der Waals surface area contributed by atoms with Crippen LogP contribution in [0.15, 0.2) is 54.6 Å². The van der Waals surface area contributed by atoms with E-state index in [1.165, 1.54) is 12.1 Å². The van der Waals surface area contributed by atoms with E-state index in [4.69, 9.17) is 19.3 Å². The van der Waals surface area contributed by atoms with Crippen LogP contribution in [0.2, 0.25) is 0 Å². The van der Waals surface area contributed by atoms with Crippen LogP contribution in [-0.2, 0) is 22.4 Å². The van der Waals surface area contributed by atoms with Gasteiger partial charge < -0.3 is 19.3 Å². The quantitative estimate of drug-likeness (QED) is 0.280. The third-order valence-corrected chi connectivity index (χ3v) is 5.80. The second kappa shape index (κ2) is 14.7. The summed E-state index contributed by atoms with van der Waals surface area (Å²) >= 11 is 0. The summed E-state index contributed by atoms with van der Waals surface area (Å²) < 4.78 is 32.6. The minimum absolute atomic E-state index is 0.284. The number of ether oxygens (including phenoxy) is 3. The van der Waals surface area contributed by atoms with Crippen LogP contribution in [0.4, 0.5) is 4.39 Å². The average Bonchev–Trinajstić information content (AvgIpc) is 3.23. The van der Waals surface area contributed by atoms with Crippen molar-refractivity contribution in [3.05, 3.63) is 71.7 Å². The van der Waals surface area contributed by atoms with Crippen molar-refractivity contribution < 1.29 is 23.7 Å². The van der Waals surface area contributed by atoms with Crippen LogP contribution >= 0.6 is 0 Å². The van der Waals surface area contributed by atoms with Gasteiger partial charge in [0.15, 0.2) is 0 Å². The van der Waals surface area contributed by atoms with E-state index >= 15 is 0 Å². The van der Waals surface area contributed by atoms with Crippen molar-refractivity contribution in [2.75, 3.05) is 40.0 Å². The lowest BCUT2D eigenvalue weighted by molar-refractivity contribution is 0.0100. The number of hydrogen-bond acceptors (Lipinski definition) is 6. The van der Waals surface area contributed by atoms with E-state index in [0.717, 1.165) is 29.8 Å². The zero-order valence-corrected chi connectivity index (χ0v) is 21.5. The Morgan fingerprint density at radius 1 is 1.06 bits per heavy atom. The number of rotatable bonds is 16. The van der Waals surface area contributed by atoms with Gasteiger partial charge in [0.05, 0.1) is 36.3 Å². The van der Waals surface area contributed by atoms with Gasteiger partial charge in [0, 0.05) is 33.4 Å². The Hall–Kier alpha value is -2.78. The maximum absolute atomic E-state index is 13.5. The molecule has 2 aromatic carbocycles. The monoisotopic (exact) mass is 499 g/mol. The van der Waals surface area contributed by atoms with Gasteiger partial charge >= 0.3 is 0 Å². The smallest absolute Gasteiger partial charge is 0.227 e. The normalized spacial score (nSPS) is 12.3. The van der Waals surface area contributed by atoms with Gasteiger partial charge in [0.1, 0.15) is 11.6 Å². The molecule has 1 N–H and O–H groups in total. The molecule has 3 rings (SSSR count). The number of nitrogens with zero attached hydrogens (tertiary/aromatic N) is 3. The predicted molar refractivity (Wildman–Crippen MR) is 138 cm³/mol. The number of unbranched alkanes of at least 4 members (excludes halogenated alkanes) is 1. The van der Waals surface area contributed by atoms with Gasteiger partial charge in [-0.1, -0.05) is 38.5 Å². The fourth-order valence-electron chi connectivity index (χ4n) is 3.88. The molecule has 0 bridgehead atoms. The highest BCUT2D eigenvalue weighted by Crippen LogP contribution is 2.32. The van der Waals surface area contributed by atoms with Crippen LogP contribution in [0.25, 0.3) is 5.69 Å². The van der Waals surface area contributed by atoms with Gasteiger partial charge in [0.2, 0.25) is 5.88 Å². The Labute approximate surface area is 213 Å². The molecule has 8 heteroatoms. The Morgan fingerprint density at radius 3 is 2.47 bits per heavy atom. The molecule has 3 aromatic rings. The van der Waals surface area contributed by atoms with Crippen LogP contribution in [-0.4, -0.2) is 65.9 Å². The molecular formula is C28H38FN3O4. The summed E-state index contributed by atoms with van der Waals surface area (Å²) in [4.78, 5) is 2.13. The highest BCUT2D eigenvalue weighted by atomic mass is 19.1. The zero-order chi connectivity index (χ0) is 25.8. The van der Waals surface area contributed by atoms with Crippen LogP contribution in [0.3, 0.4) is 0 Å². The fourth-order valence-corrected chi connectivity index (χ4v) is 3.88. The predicted octanol–water partition coefficient (Wildman–Crippen LogP) is 4.99. The Balaban J connectivity index is 1.91. The second-order valence-corrected chi connectivity index (χ2v) is 8.70. The van der Waals surface area contributed by atoms with Gasteiger partial charge in [-0.05, 0) is 49.2 Å². The summed E-state index contributed by atoms with van der Waals surface area (Å²) in [7, 11) is 1.66. The van der Waals surface area contributed by atoms with E-state index in [0.29, 0.717) is 50.9 Å². The van der Waals surface area contributed by atoms with E-state index < -0.39 is 6.10 Å². The number of halogens is 1. The molecule has 7 nitrogen and oxygen atoms in total. The third-order valence-electron chi connectivity index (χ3n) is 5.80. The Morgan fingerprint density at radius 2 is 1.81 bits per heavy atom. The summed E-state index contributed by atoms with van der Waals surface area (Å²) in [5, 5.41) is 15.5. The number of aromatic nitrogens is 2. The highest BCUT2D eigenvalue weighted by molar-refractivity contribution is 5.43. The molecule has 0 saturated heterocycles. The number of benzene rings is 2. The van der Waals surface area contributed by atoms with Crippen molar-refractivity contribution in [1.29, 1.82) is 0 Å². The highest BCUT2D eigenvalue weighted by Gasteiger charge is 2.23. The largest absolute Gasteiger partial charge is 0.439 e. The number of aryl methyl sites for hydroxylation is 1. The van der Waals surface area contributed by atoms with Crippen LogP contribution in [0.5, 0.6) is 11.6 Å². The van der Waals surface area contributed by atoms with Crippen LogP contribution < -0.4 is 4.74 Å². The molecule has 1 atom stereocenters. The molecular weight excluding hydrogens is 461 g/mol. The number of para-hydroxylation sites is 1. The van der Waals surface area contributed by atoms with Crippen molar-refractivity contribution in [2.45, 2.75) is 45.8 Å². The van der Waals surface area contributed by atoms with Crippen LogP contribution in [0, 0.1) is 5.82 Å². The first-order chi connectivity index (χ1) is 17.5. The second-order valence-electron chi connectivity index (χ2n) is 8.70. The molecule has 0 saturated carbocycles. The topological polar surface area (TPSA) is 69.0 Å². The van der Waals surface area contributed by atoms with Crippen LogP contribution in [0.1, 0.15) is 37.9 Å². The van der Waals surface area contributed by atoms with Crippen molar-refractivity contribution in [2.24, 2.45) is 0 Å². The number of methoxy groups -OCH3 is 1. The molecule has 0 fully saturated rings. The van der Waals surface area contributed by atoms with E-state index in [1.807, 2.05) is 30.3 Å². The fraction of sp³-hybridized carbons (Fsp3) is 0.464. The first-order valence-electron chi connectivity index (χ1n) is 12.6. The first kappa shape index (κ1) is 27.8.